The van der Waals surface area contributed by atoms with Crippen molar-refractivity contribution in [1.82, 2.24) is 5.16 Å². The zero-order chi connectivity index (χ0) is 17.4. The molecule has 1 aromatic heterocycles. The van der Waals surface area contributed by atoms with Gasteiger partial charge in [0.15, 0.2) is 18.2 Å². The number of hydrogen-bond donors (Lipinski definition) is 1. The van der Waals surface area contributed by atoms with Gasteiger partial charge in [-0.1, -0.05) is 17.3 Å². The van der Waals surface area contributed by atoms with E-state index < -0.39 is 18.5 Å². The van der Waals surface area contributed by atoms with Crippen molar-refractivity contribution in [3.8, 4) is 0 Å². The fourth-order valence-electron chi connectivity index (χ4n) is 1.81. The summed E-state index contributed by atoms with van der Waals surface area (Å²) in [4.78, 5) is 36.1. The Morgan fingerprint density at radius 1 is 1.17 bits per heavy atom. The number of carbonyl (C=O) groups excluding carboxylic acids is 3. The highest BCUT2D eigenvalue weighted by molar-refractivity contribution is 7.98. The number of amides is 1. The van der Waals surface area contributed by atoms with Crippen molar-refractivity contribution in [2.45, 2.75) is 17.7 Å². The molecule has 1 aromatic carbocycles. The van der Waals surface area contributed by atoms with Gasteiger partial charge in [0, 0.05) is 22.9 Å². The highest BCUT2D eigenvalue weighted by Gasteiger charge is 2.12. The molecule has 126 valence electrons. The average Bonchev–Trinajstić information content (AvgIpc) is 3.10. The van der Waals surface area contributed by atoms with Crippen molar-refractivity contribution in [3.05, 3.63) is 42.2 Å². The first-order valence-electron chi connectivity index (χ1n) is 7.11. The number of rotatable bonds is 8. The number of carbonyl (C=O) groups is 3. The molecule has 24 heavy (non-hydrogen) atoms. The lowest BCUT2D eigenvalue weighted by atomic mass is 10.1. The fourth-order valence-corrected chi connectivity index (χ4v) is 2.22. The van der Waals surface area contributed by atoms with Gasteiger partial charge in [-0.05, 0) is 18.4 Å². The molecule has 2 aromatic rings. The van der Waals surface area contributed by atoms with Crippen LogP contribution in [0.5, 0.6) is 0 Å². The second-order valence-corrected chi connectivity index (χ2v) is 5.62. The molecule has 1 heterocycles. The number of thioether (sulfide) groups is 1. The van der Waals surface area contributed by atoms with Crippen molar-refractivity contribution in [3.63, 3.8) is 0 Å². The molecule has 7 nitrogen and oxygen atoms in total. The molecule has 1 N–H and O–H groups in total. The number of nitrogens with one attached hydrogen (secondary N) is 1. The molecule has 0 saturated carbocycles. The summed E-state index contributed by atoms with van der Waals surface area (Å²) in [5.74, 6) is -1.05. The molecule has 2 rings (SSSR count). The van der Waals surface area contributed by atoms with Crippen LogP contribution in [0.25, 0.3) is 0 Å². The normalized spacial score (nSPS) is 10.2. The zero-order valence-corrected chi connectivity index (χ0v) is 13.8. The molecule has 0 fully saturated rings. The van der Waals surface area contributed by atoms with Gasteiger partial charge in [0.25, 0.3) is 5.91 Å². The molecule has 8 heteroatoms. The average molecular weight is 348 g/mol. The largest absolute Gasteiger partial charge is 0.456 e. The van der Waals surface area contributed by atoms with E-state index in [2.05, 4.69) is 15.0 Å². The first-order chi connectivity index (χ1) is 11.6. The van der Waals surface area contributed by atoms with E-state index in [9.17, 15) is 14.4 Å². The summed E-state index contributed by atoms with van der Waals surface area (Å²) < 4.78 is 9.36. The lowest BCUT2D eigenvalue weighted by molar-refractivity contribution is -0.147. The van der Waals surface area contributed by atoms with E-state index >= 15 is 0 Å². The van der Waals surface area contributed by atoms with Gasteiger partial charge in [0.2, 0.25) is 0 Å². The van der Waals surface area contributed by atoms with E-state index in [1.165, 1.54) is 12.3 Å². The Labute approximate surface area is 142 Å². The van der Waals surface area contributed by atoms with Crippen LogP contribution in [0.1, 0.15) is 23.2 Å². The maximum Gasteiger partial charge on any atom is 0.306 e. The Kier molecular flexibility index (Phi) is 6.56. The molecule has 0 aliphatic heterocycles. The van der Waals surface area contributed by atoms with E-state index in [0.29, 0.717) is 5.56 Å². The summed E-state index contributed by atoms with van der Waals surface area (Å²) in [6.45, 7) is -0.442. The van der Waals surface area contributed by atoms with Crippen LogP contribution in [0.15, 0.2) is 46.0 Å². The van der Waals surface area contributed by atoms with Crippen molar-refractivity contribution >= 4 is 35.2 Å². The van der Waals surface area contributed by atoms with Crippen LogP contribution in [0.4, 0.5) is 5.82 Å². The van der Waals surface area contributed by atoms with Crippen LogP contribution >= 0.6 is 11.8 Å². The van der Waals surface area contributed by atoms with E-state index in [0.717, 1.165) is 4.90 Å². The van der Waals surface area contributed by atoms with Gasteiger partial charge in [0.05, 0.1) is 6.42 Å². The smallest absolute Gasteiger partial charge is 0.306 e. The highest BCUT2D eigenvalue weighted by atomic mass is 32.2. The maximum atomic E-state index is 12.0. The van der Waals surface area contributed by atoms with Crippen LogP contribution in [-0.4, -0.2) is 35.7 Å². The quantitative estimate of drug-likeness (QED) is 0.444. The number of anilines is 1. The summed E-state index contributed by atoms with van der Waals surface area (Å²) >= 11 is 1.58. The van der Waals surface area contributed by atoms with Gasteiger partial charge >= 0.3 is 5.97 Å². The Balaban J connectivity index is 1.70. The van der Waals surface area contributed by atoms with Gasteiger partial charge in [-0.15, -0.1) is 11.8 Å². The van der Waals surface area contributed by atoms with Gasteiger partial charge < -0.3 is 14.6 Å². The first-order valence-corrected chi connectivity index (χ1v) is 8.34. The molecule has 0 unspecified atom stereocenters. The number of ketones is 1. The maximum absolute atomic E-state index is 12.0. The van der Waals surface area contributed by atoms with Crippen molar-refractivity contribution in [2.24, 2.45) is 0 Å². The minimum Gasteiger partial charge on any atom is -0.456 e. The van der Waals surface area contributed by atoms with Crippen molar-refractivity contribution in [1.29, 1.82) is 0 Å². The lowest BCUT2D eigenvalue weighted by Gasteiger charge is -2.05. The van der Waals surface area contributed by atoms with Gasteiger partial charge in [-0.2, -0.15) is 0 Å². The Hall–Kier alpha value is -2.61. The summed E-state index contributed by atoms with van der Waals surface area (Å²) in [5, 5.41) is 5.88. The molecule has 0 atom stereocenters. The summed E-state index contributed by atoms with van der Waals surface area (Å²) in [6.07, 6.45) is 3.20. The standard InChI is InChI=1S/C16H16N2O5S/c1-24-12-4-2-11(3-5-12)13(19)6-7-16(21)22-10-15(20)17-14-8-9-23-18-14/h2-5,8-9H,6-7,10H2,1H3,(H,17,18,20). The van der Waals surface area contributed by atoms with E-state index in [1.807, 2.05) is 18.4 Å². The summed E-state index contributed by atoms with van der Waals surface area (Å²) in [5.41, 5.74) is 0.546. The van der Waals surface area contributed by atoms with Gasteiger partial charge in [-0.25, -0.2) is 0 Å². The fraction of sp³-hybridized carbons (Fsp3) is 0.250. The Bertz CT molecular complexity index is 698. The number of esters is 1. The Morgan fingerprint density at radius 3 is 2.54 bits per heavy atom. The van der Waals surface area contributed by atoms with Crippen LogP contribution in [0.3, 0.4) is 0 Å². The van der Waals surface area contributed by atoms with Crippen molar-refractivity contribution in [2.75, 3.05) is 18.2 Å². The Morgan fingerprint density at radius 2 is 1.92 bits per heavy atom. The van der Waals surface area contributed by atoms with Crippen molar-refractivity contribution < 1.29 is 23.6 Å². The monoisotopic (exact) mass is 348 g/mol. The third kappa shape index (κ3) is 5.54. The number of ether oxygens (including phenoxy) is 1. The van der Waals surface area contributed by atoms with Crippen LogP contribution in [-0.2, 0) is 14.3 Å². The molecule has 0 bridgehead atoms. The SMILES string of the molecule is CSc1ccc(C(=O)CCC(=O)OCC(=O)Nc2ccon2)cc1. The molecule has 1 amide bonds. The topological polar surface area (TPSA) is 98.5 Å². The zero-order valence-electron chi connectivity index (χ0n) is 13.0. The van der Waals surface area contributed by atoms with E-state index in [-0.39, 0.29) is 24.4 Å². The minimum absolute atomic E-state index is 0.0301. The molecule has 0 aliphatic carbocycles. The van der Waals surface area contributed by atoms with E-state index in [4.69, 9.17) is 4.74 Å². The van der Waals surface area contributed by atoms with Gasteiger partial charge in [-0.3, -0.25) is 14.4 Å². The first kappa shape index (κ1) is 17.7. The van der Waals surface area contributed by atoms with Crippen LogP contribution in [0, 0.1) is 0 Å². The number of hydrogen-bond acceptors (Lipinski definition) is 7. The second-order valence-electron chi connectivity index (χ2n) is 4.75. The predicted molar refractivity (Wildman–Crippen MR) is 87.9 cm³/mol. The number of Topliss-reactive ketones (excluding diaryl/α,β-unsaturated/α-hetero) is 1. The number of nitrogens with zero attached hydrogens (tertiary/aromatic N) is 1. The molecule has 0 radical (unpaired) electrons. The number of benzene rings is 1. The van der Waals surface area contributed by atoms with Crippen LogP contribution in [0.2, 0.25) is 0 Å². The number of aromatic nitrogens is 1. The third-order valence-corrected chi connectivity index (χ3v) is 3.78. The molecule has 0 spiro atoms. The summed E-state index contributed by atoms with van der Waals surface area (Å²) in [7, 11) is 0. The molecular formula is C16H16N2O5S. The summed E-state index contributed by atoms with van der Waals surface area (Å²) in [6, 6.07) is 8.62. The minimum atomic E-state index is -0.612. The lowest BCUT2D eigenvalue weighted by Crippen LogP contribution is -2.21. The second kappa shape index (κ2) is 8.88. The highest BCUT2D eigenvalue weighted by Crippen LogP contribution is 2.16. The van der Waals surface area contributed by atoms with Gasteiger partial charge in [0.1, 0.15) is 6.26 Å². The van der Waals surface area contributed by atoms with Crippen LogP contribution < -0.4 is 5.32 Å². The predicted octanol–water partition coefficient (Wildman–Crippen LogP) is 2.54. The third-order valence-electron chi connectivity index (χ3n) is 3.04. The molecule has 0 saturated heterocycles. The molecular weight excluding hydrogens is 332 g/mol. The van der Waals surface area contributed by atoms with E-state index in [1.54, 1.807) is 23.9 Å². The molecule has 0 aliphatic rings.